The van der Waals surface area contributed by atoms with Crippen molar-refractivity contribution in [1.82, 2.24) is 9.29 Å². The molecule has 0 aliphatic carbocycles. The largest absolute Gasteiger partial charge is 0.497 e. The Balaban J connectivity index is 1.53. The summed E-state index contributed by atoms with van der Waals surface area (Å²) in [6.45, 7) is 0.888. The highest BCUT2D eigenvalue weighted by atomic mass is 35.5. The van der Waals surface area contributed by atoms with Crippen molar-refractivity contribution in [3.63, 3.8) is 0 Å². The Morgan fingerprint density at radius 2 is 1.93 bits per heavy atom. The van der Waals surface area contributed by atoms with E-state index in [1.54, 1.807) is 24.3 Å². The van der Waals surface area contributed by atoms with Gasteiger partial charge in [-0.1, -0.05) is 11.6 Å². The molecule has 0 bridgehead atoms. The van der Waals surface area contributed by atoms with Crippen LogP contribution in [0.1, 0.15) is 24.0 Å². The number of nitrogens with zero attached hydrogens (tertiary/aromatic N) is 2. The van der Waals surface area contributed by atoms with Crippen LogP contribution >= 0.6 is 11.6 Å². The Bertz CT molecular complexity index is 1480. The quantitative estimate of drug-likeness (QED) is 0.351. The third-order valence-electron chi connectivity index (χ3n) is 6.65. The minimum Gasteiger partial charge on any atom is -0.497 e. The molecule has 2 aliphatic heterocycles. The summed E-state index contributed by atoms with van der Waals surface area (Å²) < 4.78 is 90.8. The number of rotatable bonds is 7. The smallest absolute Gasteiger partial charge is 0.417 e. The molecule has 2 aromatic carbocycles. The highest BCUT2D eigenvalue weighted by Crippen LogP contribution is 2.41. The van der Waals surface area contributed by atoms with Gasteiger partial charge in [-0.25, -0.2) is 8.42 Å². The molecule has 1 atom stereocenters. The minimum absolute atomic E-state index is 0.0529. The highest BCUT2D eigenvalue weighted by molar-refractivity contribution is 7.89. The summed E-state index contributed by atoms with van der Waals surface area (Å²) in [5.41, 5.74) is -0.0847. The zero-order chi connectivity index (χ0) is 28.5. The van der Waals surface area contributed by atoms with Crippen LogP contribution in [0.25, 0.3) is 11.3 Å². The first-order chi connectivity index (χ1) is 19.1. The highest BCUT2D eigenvalue weighted by Gasteiger charge is 2.33. The lowest BCUT2D eigenvalue weighted by atomic mass is 10.0. The second-order valence-corrected chi connectivity index (χ2v) is 11.7. The van der Waals surface area contributed by atoms with Crippen molar-refractivity contribution >= 4 is 21.6 Å². The SMILES string of the molecule is COc1ccc(S(=O)(=O)N2CCOc3c(cc(-c4ncc(C(F)(F)F)cc4Cl)cc3OCC3CCCO3)C2)cc1. The standard InChI is InChI=1S/C27H26ClF3N2O6S/c1-36-20-4-6-22(7-5-20)40(34,35)33-8-10-38-26-18(15-33)11-17(12-24(26)39-16-21-3-2-9-37-21)25-23(28)13-19(14-32-25)27(29,30)31/h4-7,11-14,21H,2-3,8-10,15-16H2,1H3. The lowest BCUT2D eigenvalue weighted by Gasteiger charge is -2.21. The number of fused-ring (bicyclic) bond motifs is 1. The molecule has 1 fully saturated rings. The Morgan fingerprint density at radius 3 is 2.58 bits per heavy atom. The maximum Gasteiger partial charge on any atom is 0.417 e. The fourth-order valence-electron chi connectivity index (χ4n) is 4.57. The Hall–Kier alpha value is -3.06. The molecule has 1 aromatic heterocycles. The van der Waals surface area contributed by atoms with E-state index < -0.39 is 21.8 Å². The van der Waals surface area contributed by atoms with Gasteiger partial charge in [-0.15, -0.1) is 0 Å². The number of halogens is 4. The molecule has 0 spiro atoms. The first-order valence-corrected chi connectivity index (χ1v) is 14.3. The lowest BCUT2D eigenvalue weighted by Crippen LogP contribution is -2.32. The van der Waals surface area contributed by atoms with E-state index in [2.05, 4.69) is 4.98 Å². The molecule has 1 unspecified atom stereocenters. The fourth-order valence-corrected chi connectivity index (χ4v) is 6.25. The number of hydrogen-bond acceptors (Lipinski definition) is 7. The monoisotopic (exact) mass is 598 g/mol. The van der Waals surface area contributed by atoms with Crippen molar-refractivity contribution in [3.05, 3.63) is 64.8 Å². The Morgan fingerprint density at radius 1 is 1.15 bits per heavy atom. The summed E-state index contributed by atoms with van der Waals surface area (Å²) in [5, 5.41) is -0.211. The predicted octanol–water partition coefficient (Wildman–Crippen LogP) is 5.57. The van der Waals surface area contributed by atoms with E-state index in [1.807, 2.05) is 0 Å². The molecule has 3 heterocycles. The van der Waals surface area contributed by atoms with E-state index in [0.717, 1.165) is 18.9 Å². The van der Waals surface area contributed by atoms with Gasteiger partial charge < -0.3 is 18.9 Å². The number of aromatic nitrogens is 1. The van der Waals surface area contributed by atoms with Crippen LogP contribution in [-0.4, -0.2) is 57.3 Å². The first-order valence-electron chi connectivity index (χ1n) is 12.5. The summed E-state index contributed by atoms with van der Waals surface area (Å²) in [4.78, 5) is 4.06. The van der Waals surface area contributed by atoms with E-state index in [9.17, 15) is 21.6 Å². The van der Waals surface area contributed by atoms with Crippen molar-refractivity contribution in [3.8, 4) is 28.5 Å². The van der Waals surface area contributed by atoms with Crippen molar-refractivity contribution < 1.29 is 40.5 Å². The van der Waals surface area contributed by atoms with E-state index >= 15 is 0 Å². The number of hydrogen-bond donors (Lipinski definition) is 0. The molecule has 0 amide bonds. The molecular weight excluding hydrogens is 573 g/mol. The average Bonchev–Trinajstić information content (AvgIpc) is 3.35. The molecule has 1 saturated heterocycles. The number of methoxy groups -OCH3 is 1. The van der Waals surface area contributed by atoms with Gasteiger partial charge in [-0.05, 0) is 55.3 Å². The first kappa shape index (κ1) is 28.5. The normalized spacial score (nSPS) is 18.1. The summed E-state index contributed by atoms with van der Waals surface area (Å²) in [7, 11) is -2.44. The van der Waals surface area contributed by atoms with E-state index in [-0.39, 0.29) is 48.0 Å². The molecule has 8 nitrogen and oxygen atoms in total. The number of pyridine rings is 1. The van der Waals surface area contributed by atoms with E-state index in [0.29, 0.717) is 41.2 Å². The lowest BCUT2D eigenvalue weighted by molar-refractivity contribution is -0.137. The zero-order valence-electron chi connectivity index (χ0n) is 21.4. The van der Waals surface area contributed by atoms with Gasteiger partial charge in [0.05, 0.1) is 34.4 Å². The molecule has 13 heteroatoms. The molecule has 3 aromatic rings. The van der Waals surface area contributed by atoms with Gasteiger partial charge in [0.15, 0.2) is 11.5 Å². The second kappa shape index (κ2) is 11.4. The van der Waals surface area contributed by atoms with Crippen LogP contribution in [0.3, 0.4) is 0 Å². The summed E-state index contributed by atoms with van der Waals surface area (Å²) in [5.74, 6) is 1.16. The van der Waals surface area contributed by atoms with Crippen molar-refractivity contribution in [2.45, 2.75) is 36.6 Å². The van der Waals surface area contributed by atoms with Gasteiger partial charge in [0, 0.05) is 37.0 Å². The third kappa shape index (κ3) is 5.99. The van der Waals surface area contributed by atoms with Crippen LogP contribution < -0.4 is 14.2 Å². The number of sulfonamides is 1. The molecule has 5 rings (SSSR count). The van der Waals surface area contributed by atoms with E-state index in [4.69, 9.17) is 30.5 Å². The van der Waals surface area contributed by atoms with Gasteiger partial charge in [0.1, 0.15) is 19.0 Å². The summed E-state index contributed by atoms with van der Waals surface area (Å²) in [6, 6.07) is 10.0. The van der Waals surface area contributed by atoms with Crippen LogP contribution in [0.4, 0.5) is 13.2 Å². The van der Waals surface area contributed by atoms with Crippen LogP contribution in [0.5, 0.6) is 17.2 Å². The fraction of sp³-hybridized carbons (Fsp3) is 0.370. The molecule has 2 aliphatic rings. The van der Waals surface area contributed by atoms with Gasteiger partial charge in [-0.3, -0.25) is 4.98 Å². The molecule has 40 heavy (non-hydrogen) atoms. The summed E-state index contributed by atoms with van der Waals surface area (Å²) >= 11 is 6.25. The van der Waals surface area contributed by atoms with E-state index in [1.165, 1.54) is 23.5 Å². The zero-order valence-corrected chi connectivity index (χ0v) is 23.0. The molecule has 0 radical (unpaired) electrons. The maximum absolute atomic E-state index is 13.5. The van der Waals surface area contributed by atoms with Crippen molar-refractivity contribution in [2.24, 2.45) is 0 Å². The minimum atomic E-state index is -4.61. The van der Waals surface area contributed by atoms with Gasteiger partial charge in [0.25, 0.3) is 0 Å². The van der Waals surface area contributed by atoms with Crippen molar-refractivity contribution in [1.29, 1.82) is 0 Å². The molecular formula is C27H26ClF3N2O6S. The van der Waals surface area contributed by atoms with Crippen molar-refractivity contribution in [2.75, 3.05) is 33.5 Å². The van der Waals surface area contributed by atoms with Crippen LogP contribution in [0.15, 0.2) is 53.6 Å². The van der Waals surface area contributed by atoms with Crippen LogP contribution in [0.2, 0.25) is 5.02 Å². The van der Waals surface area contributed by atoms with Gasteiger partial charge >= 0.3 is 6.18 Å². The van der Waals surface area contributed by atoms with Crippen LogP contribution in [-0.2, 0) is 27.5 Å². The third-order valence-corrected chi connectivity index (χ3v) is 8.80. The number of benzene rings is 2. The average molecular weight is 599 g/mol. The summed E-state index contributed by atoms with van der Waals surface area (Å²) in [6.07, 6.45) is -2.29. The molecule has 0 N–H and O–H groups in total. The Labute approximate surface area is 234 Å². The second-order valence-electron chi connectivity index (χ2n) is 9.32. The van der Waals surface area contributed by atoms with Gasteiger partial charge in [0.2, 0.25) is 10.0 Å². The molecule has 214 valence electrons. The van der Waals surface area contributed by atoms with Crippen LogP contribution in [0, 0.1) is 0 Å². The topological polar surface area (TPSA) is 87.2 Å². The van der Waals surface area contributed by atoms with Gasteiger partial charge in [-0.2, -0.15) is 17.5 Å². The number of alkyl halides is 3. The Kier molecular flexibility index (Phi) is 8.14. The predicted molar refractivity (Wildman–Crippen MR) is 140 cm³/mol. The number of ether oxygens (including phenoxy) is 4. The maximum atomic E-state index is 13.5. The molecule has 0 saturated carbocycles.